The van der Waals surface area contributed by atoms with E-state index in [9.17, 15) is 19.6 Å². The molecule has 6 aliphatic rings. The Kier molecular flexibility index (Phi) is 24.2. The van der Waals surface area contributed by atoms with E-state index in [1.54, 1.807) is 24.3 Å². The molecule has 0 bridgehead atoms. The van der Waals surface area contributed by atoms with E-state index in [-0.39, 0.29) is 53.0 Å². The van der Waals surface area contributed by atoms with Crippen LogP contribution in [0, 0.1) is 50.2 Å². The highest BCUT2D eigenvalue weighted by molar-refractivity contribution is 5.94. The molecule has 5 N–H and O–H groups in total. The van der Waals surface area contributed by atoms with Gasteiger partial charge in [0.15, 0.2) is 5.78 Å². The summed E-state index contributed by atoms with van der Waals surface area (Å²) in [4.78, 5) is 40.9. The lowest BCUT2D eigenvalue weighted by Crippen LogP contribution is -2.52. The highest BCUT2D eigenvalue weighted by Crippen LogP contribution is 2.51. The SMILES string of the molecule is CC(=O)c1cccc(C#N)c1.CC(C)(C)OC(=O)N(CC1(CN)CCC1)[C@H]1CC1c1ccccc1.CC(NCC1(CN(C(=O)OC(C)(C)C)[C@H]2CC2c2ccccc2)CCC1)c1cccc(C#N)c1.CC(NCC1(CN[C@H]2CC2c2ccccc2)CCC1)c1cccc(C#N)c1. The minimum absolute atomic E-state index is 0.0119. The summed E-state index contributed by atoms with van der Waals surface area (Å²) < 4.78 is 11.5. The molecule has 6 fully saturated rings. The summed E-state index contributed by atoms with van der Waals surface area (Å²) in [6, 6.07) is 62.2. The number of nitrogens with one attached hydrogen (secondary N) is 3. The Hall–Kier alpha value is -8.16. The van der Waals surface area contributed by atoms with Crippen LogP contribution in [0.25, 0.3) is 0 Å². The number of nitrogens with zero attached hydrogens (tertiary/aromatic N) is 5. The van der Waals surface area contributed by atoms with Crippen LogP contribution in [0.2, 0.25) is 0 Å². The molecular weight excluding hydrogens is 1190 g/mol. The molecule has 8 atom stereocenters. The zero-order chi connectivity index (χ0) is 68.7. The number of ketones is 1. The Bertz CT molecular complexity index is 3660. The Morgan fingerprint density at radius 1 is 0.510 bits per heavy atom. The van der Waals surface area contributed by atoms with Gasteiger partial charge in [-0.2, -0.15) is 15.8 Å². The number of hydrogen-bond donors (Lipinski definition) is 4. The molecule has 0 heterocycles. The zero-order valence-corrected chi connectivity index (χ0v) is 58.3. The van der Waals surface area contributed by atoms with E-state index >= 15 is 0 Å². The Morgan fingerprint density at radius 2 is 0.896 bits per heavy atom. The first-order valence-electron chi connectivity index (χ1n) is 35.0. The number of benzene rings is 6. The summed E-state index contributed by atoms with van der Waals surface area (Å²) in [5.74, 6) is 1.49. The van der Waals surface area contributed by atoms with Gasteiger partial charge in [-0.25, -0.2) is 9.59 Å². The van der Waals surface area contributed by atoms with Gasteiger partial charge in [0.2, 0.25) is 0 Å². The van der Waals surface area contributed by atoms with E-state index in [0.717, 1.165) is 75.8 Å². The quantitative estimate of drug-likeness (QED) is 0.0468. The van der Waals surface area contributed by atoms with Gasteiger partial charge in [0.25, 0.3) is 0 Å². The van der Waals surface area contributed by atoms with E-state index in [2.05, 4.69) is 133 Å². The van der Waals surface area contributed by atoms with E-state index in [0.29, 0.717) is 59.0 Å². The molecule has 6 aliphatic carbocycles. The maximum Gasteiger partial charge on any atom is 0.410 e. The standard InChI is InChI=1S/C29H37N3O2.C24H29N3.C20H30N2O2.C9H7NO/c1-21(24-13-8-10-22(16-24)18-30)31-19-29(14-9-15-29)20-32(27(33)34-28(2,3)4)26-17-25(26)23-11-6-5-7-12-23;1-18(21-10-5-7-19(13-21)15-25)26-16-24(11-6-12-24)17-27-23-14-22(23)20-8-3-2-4-9-20;1-19(2,3)24-18(23)22(14-20(13-21)10-7-11-20)17-12-16(17)15-8-5-4-6-9-15;1-7(11)9-4-2-3-8(5-9)6-10/h5-8,10-13,16,21,25-26,31H,9,14-15,17,19-20H2,1-4H3;2-5,7-10,13,18,22-23,26-27H,6,11-12,14,16-17H2,1H3;4-6,8-9,16-17H,7,10-14,21H2,1-3H3;2-5H,1H3/t21?,25?,26-;18?,22?,23-;16?,17-;/m000./s1. The second-order valence-corrected chi connectivity index (χ2v) is 30.3. The van der Waals surface area contributed by atoms with Crippen molar-refractivity contribution < 1.29 is 23.9 Å². The van der Waals surface area contributed by atoms with Crippen LogP contribution in [0.15, 0.2) is 164 Å². The van der Waals surface area contributed by atoms with Gasteiger partial charge in [-0.05, 0) is 196 Å². The van der Waals surface area contributed by atoms with Gasteiger partial charge < -0.3 is 41.0 Å². The van der Waals surface area contributed by atoms with Crippen molar-refractivity contribution >= 4 is 18.0 Å². The summed E-state index contributed by atoms with van der Waals surface area (Å²) in [5.41, 5.74) is 14.5. The number of nitriles is 3. The van der Waals surface area contributed by atoms with E-state index in [4.69, 9.17) is 25.7 Å². The lowest BCUT2D eigenvalue weighted by Gasteiger charge is -2.46. The average Bonchev–Trinajstić information content (AvgIpc) is 1.53. The van der Waals surface area contributed by atoms with E-state index in [1.807, 2.05) is 106 Å². The van der Waals surface area contributed by atoms with Crippen molar-refractivity contribution in [2.24, 2.45) is 22.0 Å². The molecule has 96 heavy (non-hydrogen) atoms. The van der Waals surface area contributed by atoms with Crippen LogP contribution >= 0.6 is 0 Å². The minimum atomic E-state index is -0.516. The number of amides is 2. The molecule has 6 aromatic rings. The number of carbonyl (C=O) groups is 3. The van der Waals surface area contributed by atoms with Crippen LogP contribution in [0.4, 0.5) is 9.59 Å². The van der Waals surface area contributed by atoms with Crippen molar-refractivity contribution in [2.75, 3.05) is 39.3 Å². The average molecular weight is 1290 g/mol. The van der Waals surface area contributed by atoms with Crippen LogP contribution in [-0.4, -0.2) is 96.4 Å². The number of nitrogens with two attached hydrogens (primary N) is 1. The first kappa shape index (κ1) is 72.1. The molecule has 0 radical (unpaired) electrons. The fourth-order valence-electron chi connectivity index (χ4n) is 13.8. The first-order chi connectivity index (χ1) is 46.0. The largest absolute Gasteiger partial charge is 0.444 e. The molecule has 0 aliphatic heterocycles. The molecule has 0 saturated heterocycles. The van der Waals surface area contributed by atoms with E-state index in [1.165, 1.54) is 67.7 Å². The third-order valence-corrected chi connectivity index (χ3v) is 20.5. The lowest BCUT2D eigenvalue weighted by molar-refractivity contribution is 0.000446. The number of Topliss-reactive ketones (excluding diaryl/α,β-unsaturated/α-hetero) is 1. The van der Waals surface area contributed by atoms with Gasteiger partial charge >= 0.3 is 12.2 Å². The van der Waals surface area contributed by atoms with E-state index < -0.39 is 11.2 Å². The number of ether oxygens (including phenoxy) is 2. The molecule has 506 valence electrons. The highest BCUT2D eigenvalue weighted by atomic mass is 16.6. The molecule has 12 rings (SSSR count). The topological polar surface area (TPSA) is 210 Å². The number of hydrogen-bond acceptors (Lipinski definition) is 12. The molecule has 0 spiro atoms. The molecule has 14 heteroatoms. The molecule has 2 amide bonds. The summed E-state index contributed by atoms with van der Waals surface area (Å²) in [6.45, 7) is 22.5. The summed E-state index contributed by atoms with van der Waals surface area (Å²) in [7, 11) is 0. The van der Waals surface area contributed by atoms with Crippen molar-refractivity contribution in [1.29, 1.82) is 15.8 Å². The second kappa shape index (κ2) is 32.3. The van der Waals surface area contributed by atoms with Gasteiger partial charge in [-0.15, -0.1) is 0 Å². The minimum Gasteiger partial charge on any atom is -0.444 e. The van der Waals surface area contributed by atoms with Crippen LogP contribution in [0.3, 0.4) is 0 Å². The third-order valence-electron chi connectivity index (χ3n) is 20.5. The van der Waals surface area contributed by atoms with Crippen molar-refractivity contribution in [3.8, 4) is 18.2 Å². The smallest absolute Gasteiger partial charge is 0.410 e. The molecule has 6 saturated carbocycles. The normalized spacial score (nSPS) is 21.6. The van der Waals surface area contributed by atoms with Crippen molar-refractivity contribution in [2.45, 2.75) is 199 Å². The fourth-order valence-corrected chi connectivity index (χ4v) is 13.8. The second-order valence-electron chi connectivity index (χ2n) is 30.3. The lowest BCUT2D eigenvalue weighted by atomic mass is 9.68. The van der Waals surface area contributed by atoms with Gasteiger partial charge in [0.1, 0.15) is 11.2 Å². The molecule has 14 nitrogen and oxygen atoms in total. The highest BCUT2D eigenvalue weighted by Gasteiger charge is 2.52. The Labute approximate surface area is 572 Å². The van der Waals surface area contributed by atoms with Gasteiger partial charge in [-0.1, -0.05) is 147 Å². The predicted octanol–water partition coefficient (Wildman–Crippen LogP) is 16.4. The fraction of sp³-hybridized carbons (Fsp3) is 0.488. The maximum absolute atomic E-state index is 13.3. The van der Waals surface area contributed by atoms with Crippen LogP contribution in [-0.2, 0) is 9.47 Å². The number of carbonyl (C=O) groups excluding carboxylic acids is 3. The predicted molar refractivity (Wildman–Crippen MR) is 381 cm³/mol. The molecule has 6 aromatic carbocycles. The van der Waals surface area contributed by atoms with Gasteiger partial charge in [0.05, 0.1) is 34.9 Å². The van der Waals surface area contributed by atoms with Crippen molar-refractivity contribution in [1.82, 2.24) is 25.8 Å². The summed E-state index contributed by atoms with van der Waals surface area (Å²) in [6.07, 6.45) is 13.7. The molecule has 0 aromatic heterocycles. The van der Waals surface area contributed by atoms with Gasteiger partial charge in [-0.3, -0.25) is 4.79 Å². The molecular formula is C82H103N9O5. The maximum atomic E-state index is 13.3. The van der Waals surface area contributed by atoms with Crippen molar-refractivity contribution in [3.63, 3.8) is 0 Å². The number of rotatable bonds is 22. The third kappa shape index (κ3) is 20.2. The zero-order valence-electron chi connectivity index (χ0n) is 58.3. The van der Waals surface area contributed by atoms with Crippen molar-refractivity contribution in [3.05, 3.63) is 214 Å². The van der Waals surface area contributed by atoms with Gasteiger partial charge in [0, 0.05) is 97.1 Å². The van der Waals surface area contributed by atoms with Crippen LogP contribution < -0.4 is 21.7 Å². The molecule has 5 unspecified atom stereocenters. The summed E-state index contributed by atoms with van der Waals surface area (Å²) in [5, 5.41) is 38.1. The Balaban J connectivity index is 0.000000158. The van der Waals surface area contributed by atoms with Crippen LogP contribution in [0.1, 0.15) is 224 Å². The van der Waals surface area contributed by atoms with Crippen LogP contribution in [0.5, 0.6) is 0 Å². The first-order valence-corrected chi connectivity index (χ1v) is 35.0. The summed E-state index contributed by atoms with van der Waals surface area (Å²) >= 11 is 0. The monoisotopic (exact) mass is 1290 g/mol. The Morgan fingerprint density at radius 3 is 1.27 bits per heavy atom.